The summed E-state index contributed by atoms with van der Waals surface area (Å²) < 4.78 is 7.38. The number of aryl methyl sites for hydroxylation is 2. The Hall–Kier alpha value is -1.37. The lowest BCUT2D eigenvalue weighted by Crippen LogP contribution is -2.31. The van der Waals surface area contributed by atoms with E-state index in [0.29, 0.717) is 0 Å². The van der Waals surface area contributed by atoms with Crippen LogP contribution in [0, 0.1) is 6.92 Å². The van der Waals surface area contributed by atoms with E-state index in [1.54, 1.807) is 24.6 Å². The topological polar surface area (TPSA) is 65.1 Å². The van der Waals surface area contributed by atoms with E-state index in [9.17, 15) is 0 Å². The first-order valence-corrected chi connectivity index (χ1v) is 7.20. The van der Waals surface area contributed by atoms with E-state index in [4.69, 9.17) is 10.6 Å². The van der Waals surface area contributed by atoms with Crippen LogP contribution in [0.5, 0.6) is 5.75 Å². The van der Waals surface area contributed by atoms with Crippen molar-refractivity contribution < 1.29 is 4.74 Å². The minimum absolute atomic E-state index is 0.0935. The molecule has 2 heterocycles. The minimum atomic E-state index is -0.0935. The Kier molecular flexibility index (Phi) is 4.57. The zero-order valence-electron chi connectivity index (χ0n) is 11.5. The van der Waals surface area contributed by atoms with Gasteiger partial charge in [-0.25, -0.2) is 5.43 Å². The van der Waals surface area contributed by atoms with Crippen LogP contribution in [0.15, 0.2) is 17.6 Å². The molecule has 0 aliphatic rings. The van der Waals surface area contributed by atoms with Crippen molar-refractivity contribution in [1.82, 2.24) is 15.2 Å². The fourth-order valence-corrected chi connectivity index (χ4v) is 3.16. The second-order valence-corrected chi connectivity index (χ2v) is 5.34. The maximum Gasteiger partial charge on any atom is 0.162 e. The molecule has 6 heteroatoms. The molecule has 104 valence electrons. The molecule has 0 aliphatic carbocycles. The van der Waals surface area contributed by atoms with Crippen LogP contribution in [-0.4, -0.2) is 16.9 Å². The molecule has 0 aliphatic heterocycles. The maximum absolute atomic E-state index is 5.77. The standard InChI is InChI=1S/C13H20N4OS/c1-4-6-17-12(10(18-3)8-15-17)11(16-14)13-9(2)5-7-19-13/h5,7-8,11,16H,4,6,14H2,1-3H3. The summed E-state index contributed by atoms with van der Waals surface area (Å²) in [6.07, 6.45) is 2.76. The van der Waals surface area contributed by atoms with Crippen LogP contribution >= 0.6 is 11.3 Å². The minimum Gasteiger partial charge on any atom is -0.493 e. The molecule has 0 fully saturated rings. The summed E-state index contributed by atoms with van der Waals surface area (Å²) in [4.78, 5) is 1.19. The number of hydrogen-bond acceptors (Lipinski definition) is 5. The lowest BCUT2D eigenvalue weighted by atomic mass is 10.1. The summed E-state index contributed by atoms with van der Waals surface area (Å²) in [7, 11) is 1.66. The quantitative estimate of drug-likeness (QED) is 0.629. The first-order chi connectivity index (χ1) is 9.22. The van der Waals surface area contributed by atoms with E-state index in [1.165, 1.54) is 10.4 Å². The normalized spacial score (nSPS) is 12.6. The smallest absolute Gasteiger partial charge is 0.162 e. The van der Waals surface area contributed by atoms with E-state index in [2.05, 4.69) is 35.8 Å². The number of hydrogen-bond donors (Lipinski definition) is 2. The van der Waals surface area contributed by atoms with Crippen molar-refractivity contribution >= 4 is 11.3 Å². The molecular weight excluding hydrogens is 260 g/mol. The second kappa shape index (κ2) is 6.18. The van der Waals surface area contributed by atoms with Crippen molar-refractivity contribution in [2.45, 2.75) is 32.9 Å². The third kappa shape index (κ3) is 2.65. The van der Waals surface area contributed by atoms with Gasteiger partial charge in [-0.05, 0) is 30.4 Å². The van der Waals surface area contributed by atoms with Crippen LogP contribution in [0.1, 0.15) is 35.5 Å². The summed E-state index contributed by atoms with van der Waals surface area (Å²) >= 11 is 1.69. The Bertz CT molecular complexity index is 534. The predicted octanol–water partition coefficient (Wildman–Crippen LogP) is 2.22. The predicted molar refractivity (Wildman–Crippen MR) is 77.3 cm³/mol. The average molecular weight is 280 g/mol. The molecule has 0 spiro atoms. The van der Waals surface area contributed by atoms with Gasteiger partial charge >= 0.3 is 0 Å². The molecule has 1 atom stereocenters. The molecule has 0 amide bonds. The average Bonchev–Trinajstić information content (AvgIpc) is 3.00. The van der Waals surface area contributed by atoms with Crippen molar-refractivity contribution in [3.63, 3.8) is 0 Å². The zero-order valence-corrected chi connectivity index (χ0v) is 12.3. The fraction of sp³-hybridized carbons (Fsp3) is 0.462. The Labute approximate surface area is 117 Å². The Morgan fingerprint density at radius 3 is 2.89 bits per heavy atom. The fourth-order valence-electron chi connectivity index (χ4n) is 2.18. The van der Waals surface area contributed by atoms with Gasteiger partial charge in [0.25, 0.3) is 0 Å². The van der Waals surface area contributed by atoms with Crippen molar-refractivity contribution in [1.29, 1.82) is 0 Å². The van der Waals surface area contributed by atoms with E-state index in [0.717, 1.165) is 24.4 Å². The summed E-state index contributed by atoms with van der Waals surface area (Å²) in [5.74, 6) is 6.54. The van der Waals surface area contributed by atoms with Crippen molar-refractivity contribution in [2.75, 3.05) is 7.11 Å². The van der Waals surface area contributed by atoms with Crippen LogP contribution in [0.4, 0.5) is 0 Å². The van der Waals surface area contributed by atoms with Gasteiger partial charge in [-0.1, -0.05) is 6.92 Å². The number of thiophene rings is 1. The number of hydrazine groups is 1. The van der Waals surface area contributed by atoms with Gasteiger partial charge in [-0.15, -0.1) is 11.3 Å². The number of nitrogens with zero attached hydrogens (tertiary/aromatic N) is 2. The van der Waals surface area contributed by atoms with Crippen LogP contribution in [0.3, 0.4) is 0 Å². The lowest BCUT2D eigenvalue weighted by molar-refractivity contribution is 0.399. The molecule has 0 aromatic carbocycles. The van der Waals surface area contributed by atoms with Gasteiger partial charge in [0, 0.05) is 11.4 Å². The summed E-state index contributed by atoms with van der Waals surface area (Å²) in [5.41, 5.74) is 5.10. The van der Waals surface area contributed by atoms with E-state index >= 15 is 0 Å². The third-order valence-electron chi connectivity index (χ3n) is 3.10. The van der Waals surface area contributed by atoms with Crippen LogP contribution in [0.2, 0.25) is 0 Å². The van der Waals surface area contributed by atoms with Gasteiger partial charge in [-0.3, -0.25) is 10.5 Å². The molecule has 2 rings (SSSR count). The Balaban J connectivity index is 2.48. The summed E-state index contributed by atoms with van der Waals surface area (Å²) in [6, 6.07) is 2.00. The van der Waals surface area contributed by atoms with Crippen LogP contribution in [-0.2, 0) is 6.54 Å². The third-order valence-corrected chi connectivity index (χ3v) is 4.19. The molecule has 3 N–H and O–H groups in total. The van der Waals surface area contributed by atoms with Gasteiger partial charge in [0.1, 0.15) is 11.7 Å². The molecule has 2 aromatic heterocycles. The Morgan fingerprint density at radius 2 is 2.37 bits per heavy atom. The van der Waals surface area contributed by atoms with E-state index < -0.39 is 0 Å². The number of methoxy groups -OCH3 is 1. The molecule has 5 nitrogen and oxygen atoms in total. The molecule has 0 bridgehead atoms. The lowest BCUT2D eigenvalue weighted by Gasteiger charge is -2.18. The van der Waals surface area contributed by atoms with Gasteiger partial charge in [0.2, 0.25) is 0 Å². The highest BCUT2D eigenvalue weighted by Gasteiger charge is 2.24. The number of ether oxygens (including phenoxy) is 1. The van der Waals surface area contributed by atoms with Crippen molar-refractivity contribution in [3.05, 3.63) is 33.8 Å². The first kappa shape index (κ1) is 14.0. The number of aromatic nitrogens is 2. The Morgan fingerprint density at radius 1 is 1.58 bits per heavy atom. The van der Waals surface area contributed by atoms with Crippen LogP contribution < -0.4 is 16.0 Å². The van der Waals surface area contributed by atoms with E-state index in [1.807, 2.05) is 4.68 Å². The highest BCUT2D eigenvalue weighted by atomic mass is 32.1. The zero-order chi connectivity index (χ0) is 13.8. The monoisotopic (exact) mass is 280 g/mol. The van der Waals surface area contributed by atoms with Gasteiger partial charge in [-0.2, -0.15) is 5.10 Å². The number of rotatable bonds is 6. The molecule has 0 radical (unpaired) electrons. The molecule has 0 saturated heterocycles. The second-order valence-electron chi connectivity index (χ2n) is 4.39. The van der Waals surface area contributed by atoms with Crippen LogP contribution in [0.25, 0.3) is 0 Å². The SMILES string of the molecule is CCCn1ncc(OC)c1C(NN)c1sccc1C. The largest absolute Gasteiger partial charge is 0.493 e. The van der Waals surface area contributed by atoms with E-state index in [-0.39, 0.29) is 6.04 Å². The van der Waals surface area contributed by atoms with Crippen molar-refractivity contribution in [2.24, 2.45) is 5.84 Å². The maximum atomic E-state index is 5.77. The summed E-state index contributed by atoms with van der Waals surface area (Å²) in [6.45, 7) is 5.06. The number of nitrogens with one attached hydrogen (secondary N) is 1. The molecular formula is C13H20N4OS. The van der Waals surface area contributed by atoms with Gasteiger partial charge < -0.3 is 4.74 Å². The first-order valence-electron chi connectivity index (χ1n) is 6.32. The van der Waals surface area contributed by atoms with Gasteiger partial charge in [0.15, 0.2) is 5.75 Å². The van der Waals surface area contributed by atoms with Crippen molar-refractivity contribution in [3.8, 4) is 5.75 Å². The molecule has 1 unspecified atom stereocenters. The molecule has 2 aromatic rings. The summed E-state index contributed by atoms with van der Waals surface area (Å²) in [5, 5.41) is 6.46. The number of nitrogens with two attached hydrogens (primary N) is 1. The molecule has 0 saturated carbocycles. The highest BCUT2D eigenvalue weighted by Crippen LogP contribution is 2.33. The van der Waals surface area contributed by atoms with Gasteiger partial charge in [0.05, 0.1) is 13.3 Å². The highest BCUT2D eigenvalue weighted by molar-refractivity contribution is 7.10. The molecule has 19 heavy (non-hydrogen) atoms.